The minimum absolute atomic E-state index is 0.273. The summed E-state index contributed by atoms with van der Waals surface area (Å²) in [5, 5.41) is 2.11. The molecule has 1 N–H and O–H groups in total. The van der Waals surface area contributed by atoms with Crippen LogP contribution in [0.2, 0.25) is 0 Å². The first kappa shape index (κ1) is 11.3. The van der Waals surface area contributed by atoms with E-state index in [1.165, 1.54) is 6.92 Å². The molecule has 0 aliphatic rings. The Kier molecular flexibility index (Phi) is 3.14. The summed E-state index contributed by atoms with van der Waals surface area (Å²) < 4.78 is 26.5. The zero-order valence-electron chi connectivity index (χ0n) is 8.23. The zero-order chi connectivity index (χ0) is 11.6. The number of benzene rings is 1. The maximum absolute atomic E-state index is 13.2. The van der Waals surface area contributed by atoms with Crippen LogP contribution in [0.5, 0.6) is 0 Å². The Bertz CT molecular complexity index is 430. The van der Waals surface area contributed by atoms with E-state index >= 15 is 0 Å². The normalized spacial score (nSPS) is 9.87. The van der Waals surface area contributed by atoms with Crippen LogP contribution in [-0.4, -0.2) is 11.7 Å². The van der Waals surface area contributed by atoms with Crippen molar-refractivity contribution >= 4 is 17.4 Å². The Labute approximate surface area is 85.1 Å². The molecule has 0 radical (unpaired) electrons. The maximum atomic E-state index is 13.2. The molecule has 1 amide bonds. The van der Waals surface area contributed by atoms with Crippen LogP contribution in [0.3, 0.4) is 0 Å². The number of hydrogen-bond donors (Lipinski definition) is 1. The molecule has 15 heavy (non-hydrogen) atoms. The van der Waals surface area contributed by atoms with Gasteiger partial charge in [0.2, 0.25) is 5.91 Å². The van der Waals surface area contributed by atoms with Crippen LogP contribution >= 0.6 is 0 Å². The molecule has 80 valence electrons. The van der Waals surface area contributed by atoms with Gasteiger partial charge >= 0.3 is 0 Å². The fourth-order valence-electron chi connectivity index (χ4n) is 1.11. The highest BCUT2D eigenvalue weighted by molar-refractivity contribution is 5.95. The van der Waals surface area contributed by atoms with Crippen LogP contribution in [0.1, 0.15) is 24.2 Å². The maximum Gasteiger partial charge on any atom is 0.221 e. The monoisotopic (exact) mass is 213 g/mol. The molecule has 3 nitrogen and oxygen atoms in total. The van der Waals surface area contributed by atoms with Crippen LogP contribution < -0.4 is 5.32 Å². The first-order valence-electron chi connectivity index (χ1n) is 4.20. The fraction of sp³-hybridized carbons (Fsp3) is 0.200. The van der Waals surface area contributed by atoms with Crippen molar-refractivity contribution in [3.63, 3.8) is 0 Å². The second-order valence-electron chi connectivity index (χ2n) is 3.03. The van der Waals surface area contributed by atoms with Crippen LogP contribution in [0, 0.1) is 11.6 Å². The van der Waals surface area contributed by atoms with E-state index in [0.717, 1.165) is 19.1 Å². The van der Waals surface area contributed by atoms with Gasteiger partial charge in [-0.05, 0) is 19.1 Å². The standard InChI is InChI=1S/C10H9F2NO2/c1-5(14)7-3-4-8(13-6(2)15)10(12)9(7)11/h3-4H,1-2H3,(H,13,15). The van der Waals surface area contributed by atoms with Crippen molar-refractivity contribution in [2.24, 2.45) is 0 Å². The summed E-state index contributed by atoms with van der Waals surface area (Å²) in [5.41, 5.74) is -0.605. The van der Waals surface area contributed by atoms with Gasteiger partial charge in [0.1, 0.15) is 0 Å². The van der Waals surface area contributed by atoms with E-state index in [9.17, 15) is 18.4 Å². The number of ketones is 1. The third-order valence-corrected chi connectivity index (χ3v) is 1.77. The number of carbonyl (C=O) groups excluding carboxylic acids is 2. The Morgan fingerprint density at radius 1 is 1.13 bits per heavy atom. The molecular formula is C10H9F2NO2. The summed E-state index contributed by atoms with van der Waals surface area (Å²) >= 11 is 0. The molecule has 0 aromatic heterocycles. The van der Waals surface area contributed by atoms with Gasteiger partial charge in [-0.2, -0.15) is 0 Å². The largest absolute Gasteiger partial charge is 0.324 e. The molecule has 0 unspecified atom stereocenters. The van der Waals surface area contributed by atoms with Gasteiger partial charge in [0.25, 0.3) is 0 Å². The van der Waals surface area contributed by atoms with E-state index in [-0.39, 0.29) is 11.3 Å². The highest BCUT2D eigenvalue weighted by Gasteiger charge is 2.16. The lowest BCUT2D eigenvalue weighted by molar-refractivity contribution is -0.114. The van der Waals surface area contributed by atoms with Crippen LogP contribution in [-0.2, 0) is 4.79 Å². The topological polar surface area (TPSA) is 46.2 Å². The molecule has 0 saturated carbocycles. The third kappa shape index (κ3) is 2.37. The van der Waals surface area contributed by atoms with Gasteiger partial charge in [0.15, 0.2) is 17.4 Å². The van der Waals surface area contributed by atoms with Gasteiger partial charge in [-0.3, -0.25) is 9.59 Å². The van der Waals surface area contributed by atoms with E-state index < -0.39 is 23.3 Å². The average Bonchev–Trinajstić information content (AvgIpc) is 2.12. The Hall–Kier alpha value is -1.78. The summed E-state index contributed by atoms with van der Waals surface area (Å²) in [6, 6.07) is 2.28. The van der Waals surface area contributed by atoms with Crippen LogP contribution in [0.25, 0.3) is 0 Å². The van der Waals surface area contributed by atoms with Crippen LogP contribution in [0.4, 0.5) is 14.5 Å². The minimum atomic E-state index is -1.24. The van der Waals surface area contributed by atoms with E-state index in [1.54, 1.807) is 0 Å². The number of anilines is 1. The van der Waals surface area contributed by atoms with E-state index in [0.29, 0.717) is 0 Å². The van der Waals surface area contributed by atoms with Crippen molar-refractivity contribution < 1.29 is 18.4 Å². The number of rotatable bonds is 2. The molecule has 0 aliphatic heterocycles. The predicted molar refractivity (Wildman–Crippen MR) is 50.7 cm³/mol. The molecule has 5 heteroatoms. The summed E-state index contributed by atoms with van der Waals surface area (Å²) in [4.78, 5) is 21.5. The fourth-order valence-corrected chi connectivity index (χ4v) is 1.11. The molecule has 0 spiro atoms. The molecule has 1 aromatic rings. The highest BCUT2D eigenvalue weighted by Crippen LogP contribution is 2.20. The Balaban J connectivity index is 3.21. The van der Waals surface area contributed by atoms with E-state index in [4.69, 9.17) is 0 Å². The molecule has 1 rings (SSSR count). The summed E-state index contributed by atoms with van der Waals surface area (Å²) in [5.74, 6) is -3.55. The quantitative estimate of drug-likeness (QED) is 0.765. The van der Waals surface area contributed by atoms with Crippen molar-refractivity contribution in [1.29, 1.82) is 0 Å². The number of carbonyl (C=O) groups is 2. The molecule has 0 bridgehead atoms. The number of nitrogens with one attached hydrogen (secondary N) is 1. The molecule has 1 aromatic carbocycles. The lowest BCUT2D eigenvalue weighted by Crippen LogP contribution is -2.10. The SMILES string of the molecule is CC(=O)Nc1ccc(C(C)=O)c(F)c1F. The van der Waals surface area contributed by atoms with Gasteiger partial charge in [-0.25, -0.2) is 8.78 Å². The second kappa shape index (κ2) is 4.16. The number of hydrogen-bond acceptors (Lipinski definition) is 2. The van der Waals surface area contributed by atoms with Gasteiger partial charge in [-0.15, -0.1) is 0 Å². The zero-order valence-corrected chi connectivity index (χ0v) is 8.23. The molecule has 0 aliphatic carbocycles. The lowest BCUT2D eigenvalue weighted by atomic mass is 10.1. The van der Waals surface area contributed by atoms with Gasteiger partial charge in [-0.1, -0.05) is 0 Å². The highest BCUT2D eigenvalue weighted by atomic mass is 19.2. The minimum Gasteiger partial charge on any atom is -0.324 e. The predicted octanol–water partition coefficient (Wildman–Crippen LogP) is 2.13. The Morgan fingerprint density at radius 2 is 1.73 bits per heavy atom. The Morgan fingerprint density at radius 3 is 2.20 bits per heavy atom. The number of halogens is 2. The second-order valence-corrected chi connectivity index (χ2v) is 3.03. The smallest absolute Gasteiger partial charge is 0.221 e. The van der Waals surface area contributed by atoms with E-state index in [1.807, 2.05) is 0 Å². The molecule has 0 saturated heterocycles. The molecule has 0 atom stereocenters. The van der Waals surface area contributed by atoms with Crippen molar-refractivity contribution in [2.75, 3.05) is 5.32 Å². The molecular weight excluding hydrogens is 204 g/mol. The lowest BCUT2D eigenvalue weighted by Gasteiger charge is -2.06. The van der Waals surface area contributed by atoms with Gasteiger partial charge in [0, 0.05) is 6.92 Å². The third-order valence-electron chi connectivity index (χ3n) is 1.77. The van der Waals surface area contributed by atoms with Crippen molar-refractivity contribution in [2.45, 2.75) is 13.8 Å². The van der Waals surface area contributed by atoms with Gasteiger partial charge < -0.3 is 5.32 Å². The van der Waals surface area contributed by atoms with Gasteiger partial charge in [0.05, 0.1) is 11.3 Å². The van der Waals surface area contributed by atoms with Crippen molar-refractivity contribution in [3.8, 4) is 0 Å². The average molecular weight is 213 g/mol. The molecule has 0 heterocycles. The summed E-state index contributed by atoms with van der Waals surface area (Å²) in [6.45, 7) is 2.31. The summed E-state index contributed by atoms with van der Waals surface area (Å²) in [6.07, 6.45) is 0. The molecule has 0 fully saturated rings. The first-order chi connectivity index (χ1) is 6.93. The first-order valence-corrected chi connectivity index (χ1v) is 4.20. The van der Waals surface area contributed by atoms with Crippen molar-refractivity contribution in [1.82, 2.24) is 0 Å². The number of Topliss-reactive ketones (excluding diaryl/α,β-unsaturated/α-hetero) is 1. The summed E-state index contributed by atoms with van der Waals surface area (Å²) in [7, 11) is 0. The van der Waals surface area contributed by atoms with Crippen LogP contribution in [0.15, 0.2) is 12.1 Å². The number of amides is 1. The van der Waals surface area contributed by atoms with Crippen molar-refractivity contribution in [3.05, 3.63) is 29.3 Å². The van der Waals surface area contributed by atoms with E-state index in [2.05, 4.69) is 5.32 Å².